The van der Waals surface area contributed by atoms with Gasteiger partial charge in [0.1, 0.15) is 24.5 Å². The van der Waals surface area contributed by atoms with Crippen molar-refractivity contribution in [1.82, 2.24) is 0 Å². The van der Waals surface area contributed by atoms with Crippen molar-refractivity contribution >= 4 is 17.9 Å². The van der Waals surface area contributed by atoms with E-state index in [0.717, 1.165) is 0 Å². The zero-order chi connectivity index (χ0) is 23.3. The van der Waals surface area contributed by atoms with Gasteiger partial charge in [-0.05, 0) is 52.4 Å². The third-order valence-electron chi connectivity index (χ3n) is 5.97. The monoisotopic (exact) mass is 436 g/mol. The summed E-state index contributed by atoms with van der Waals surface area (Å²) in [5.74, 6) is -2.09. The van der Waals surface area contributed by atoms with E-state index < -0.39 is 42.4 Å². The standard InChI is InChI=1S/C24H33FO6/c1-13(2)22(26)29-16-7-9-18(20(25)11-16)19-10-8-17(30-23(27)14(3)4)12-21(19)31-24(28)15(5)6/h16-21H,1,3,5,7-12H2,2,4,6H3/t16?,17-,18?,19?,20?,21?/m0/s1. The van der Waals surface area contributed by atoms with Crippen molar-refractivity contribution in [3.63, 3.8) is 0 Å². The number of hydrogen-bond acceptors (Lipinski definition) is 6. The van der Waals surface area contributed by atoms with Crippen LogP contribution in [-0.2, 0) is 28.6 Å². The maximum Gasteiger partial charge on any atom is 0.333 e. The Kier molecular flexibility index (Phi) is 8.60. The predicted octanol–water partition coefficient (Wildman–Crippen LogP) is 4.39. The average Bonchev–Trinajstić information content (AvgIpc) is 2.68. The van der Waals surface area contributed by atoms with E-state index in [2.05, 4.69) is 19.7 Å². The molecule has 0 aromatic carbocycles. The molecule has 0 spiro atoms. The lowest BCUT2D eigenvalue weighted by atomic mass is 9.70. The van der Waals surface area contributed by atoms with Crippen molar-refractivity contribution in [2.75, 3.05) is 0 Å². The molecule has 0 heterocycles. The summed E-state index contributed by atoms with van der Waals surface area (Å²) >= 11 is 0. The van der Waals surface area contributed by atoms with Crippen molar-refractivity contribution in [1.29, 1.82) is 0 Å². The Bertz CT molecular complexity index is 757. The normalized spacial score (nSPS) is 30.6. The van der Waals surface area contributed by atoms with E-state index in [-0.39, 0.29) is 29.4 Å². The second kappa shape index (κ2) is 10.7. The second-order valence-electron chi connectivity index (χ2n) is 8.81. The molecule has 0 aromatic rings. The molecule has 0 amide bonds. The van der Waals surface area contributed by atoms with Crippen molar-refractivity contribution in [2.24, 2.45) is 11.8 Å². The molecule has 172 valence electrons. The Morgan fingerprint density at radius 3 is 1.55 bits per heavy atom. The third-order valence-corrected chi connectivity index (χ3v) is 5.97. The number of carbonyl (C=O) groups excluding carboxylic acids is 3. The minimum atomic E-state index is -1.19. The maximum absolute atomic E-state index is 15.1. The molecule has 0 aliphatic heterocycles. The van der Waals surface area contributed by atoms with Crippen molar-refractivity contribution in [2.45, 2.75) is 83.8 Å². The van der Waals surface area contributed by atoms with Gasteiger partial charge in [-0.3, -0.25) is 0 Å². The molecule has 2 fully saturated rings. The van der Waals surface area contributed by atoms with Gasteiger partial charge in [-0.1, -0.05) is 19.7 Å². The molecule has 6 atom stereocenters. The van der Waals surface area contributed by atoms with Gasteiger partial charge < -0.3 is 14.2 Å². The average molecular weight is 437 g/mol. The Balaban J connectivity index is 2.08. The van der Waals surface area contributed by atoms with Crippen LogP contribution in [0.25, 0.3) is 0 Å². The topological polar surface area (TPSA) is 78.9 Å². The summed E-state index contributed by atoms with van der Waals surface area (Å²) in [7, 11) is 0. The minimum Gasteiger partial charge on any atom is -0.459 e. The van der Waals surface area contributed by atoms with E-state index in [1.807, 2.05) is 0 Å². The summed E-state index contributed by atoms with van der Waals surface area (Å²) in [4.78, 5) is 35.8. The van der Waals surface area contributed by atoms with Gasteiger partial charge in [-0.15, -0.1) is 0 Å². The molecule has 5 unspecified atom stereocenters. The van der Waals surface area contributed by atoms with E-state index in [4.69, 9.17) is 14.2 Å². The van der Waals surface area contributed by atoms with Gasteiger partial charge in [0, 0.05) is 35.5 Å². The Morgan fingerprint density at radius 2 is 1.10 bits per heavy atom. The largest absolute Gasteiger partial charge is 0.459 e. The van der Waals surface area contributed by atoms with Crippen LogP contribution < -0.4 is 0 Å². The number of esters is 3. The lowest BCUT2D eigenvalue weighted by Crippen LogP contribution is -2.45. The molecule has 0 N–H and O–H groups in total. The first kappa shape index (κ1) is 24.8. The van der Waals surface area contributed by atoms with Crippen LogP contribution >= 0.6 is 0 Å². The highest BCUT2D eigenvalue weighted by atomic mass is 19.1. The fourth-order valence-corrected chi connectivity index (χ4v) is 4.28. The highest BCUT2D eigenvalue weighted by molar-refractivity contribution is 5.88. The highest BCUT2D eigenvalue weighted by Crippen LogP contribution is 2.42. The molecular formula is C24H33FO6. The number of hydrogen-bond donors (Lipinski definition) is 0. The van der Waals surface area contributed by atoms with Crippen LogP contribution in [0, 0.1) is 11.8 Å². The van der Waals surface area contributed by atoms with E-state index in [0.29, 0.717) is 37.7 Å². The first-order valence-electron chi connectivity index (χ1n) is 10.7. The molecule has 0 bridgehead atoms. The van der Waals surface area contributed by atoms with Gasteiger partial charge in [0.05, 0.1) is 0 Å². The fraction of sp³-hybridized carbons (Fsp3) is 0.625. The molecule has 0 aromatic heterocycles. The Labute approximate surface area is 183 Å². The van der Waals surface area contributed by atoms with Crippen molar-refractivity contribution in [3.8, 4) is 0 Å². The van der Waals surface area contributed by atoms with E-state index in [9.17, 15) is 14.4 Å². The summed E-state index contributed by atoms with van der Waals surface area (Å²) in [6.07, 6.45) is -0.108. The molecular weight excluding hydrogens is 403 g/mol. The molecule has 2 aliphatic carbocycles. The number of halogens is 1. The zero-order valence-corrected chi connectivity index (χ0v) is 18.7. The number of rotatable bonds is 7. The maximum atomic E-state index is 15.1. The van der Waals surface area contributed by atoms with Gasteiger partial charge >= 0.3 is 17.9 Å². The summed E-state index contributed by atoms with van der Waals surface area (Å²) in [5.41, 5.74) is 0.836. The lowest BCUT2D eigenvalue weighted by Gasteiger charge is -2.43. The van der Waals surface area contributed by atoms with Gasteiger partial charge in [0.25, 0.3) is 0 Å². The smallest absolute Gasteiger partial charge is 0.333 e. The highest BCUT2D eigenvalue weighted by Gasteiger charge is 2.44. The van der Waals surface area contributed by atoms with Crippen LogP contribution in [0.4, 0.5) is 4.39 Å². The zero-order valence-electron chi connectivity index (χ0n) is 18.7. The summed E-state index contributed by atoms with van der Waals surface area (Å²) in [6, 6.07) is 0. The quantitative estimate of drug-likeness (QED) is 0.335. The van der Waals surface area contributed by atoms with Gasteiger partial charge in [-0.2, -0.15) is 0 Å². The van der Waals surface area contributed by atoms with Crippen LogP contribution in [0.1, 0.15) is 59.3 Å². The van der Waals surface area contributed by atoms with Gasteiger partial charge in [0.15, 0.2) is 0 Å². The molecule has 2 aliphatic rings. The Morgan fingerprint density at radius 1 is 0.677 bits per heavy atom. The predicted molar refractivity (Wildman–Crippen MR) is 114 cm³/mol. The third kappa shape index (κ3) is 6.77. The molecule has 0 saturated heterocycles. The van der Waals surface area contributed by atoms with Crippen molar-refractivity contribution < 1.29 is 33.0 Å². The van der Waals surface area contributed by atoms with Crippen LogP contribution in [0.15, 0.2) is 36.5 Å². The summed E-state index contributed by atoms with van der Waals surface area (Å²) in [5, 5.41) is 0. The lowest BCUT2D eigenvalue weighted by molar-refractivity contribution is -0.164. The van der Waals surface area contributed by atoms with Crippen molar-refractivity contribution in [3.05, 3.63) is 36.5 Å². The van der Waals surface area contributed by atoms with Crippen LogP contribution in [0.5, 0.6) is 0 Å². The Hall–Kier alpha value is -2.44. The minimum absolute atomic E-state index is 0.107. The first-order chi connectivity index (χ1) is 14.5. The second-order valence-corrected chi connectivity index (χ2v) is 8.81. The molecule has 0 radical (unpaired) electrons. The van der Waals surface area contributed by atoms with E-state index in [1.165, 1.54) is 0 Å². The SMILES string of the molecule is C=C(C)C(=O)OC1CCC(C2CC[C@H](OC(=O)C(=C)C)CC2OC(=O)C(=C)C)C(F)C1. The van der Waals surface area contributed by atoms with Gasteiger partial charge in [-0.25, -0.2) is 18.8 Å². The number of carbonyl (C=O) groups is 3. The molecule has 7 heteroatoms. The first-order valence-corrected chi connectivity index (χ1v) is 10.7. The van der Waals surface area contributed by atoms with Gasteiger partial charge in [0.2, 0.25) is 0 Å². The molecule has 2 rings (SSSR count). The molecule has 31 heavy (non-hydrogen) atoms. The summed E-state index contributed by atoms with van der Waals surface area (Å²) < 4.78 is 31.6. The van der Waals surface area contributed by atoms with Crippen LogP contribution in [-0.4, -0.2) is 42.4 Å². The summed E-state index contributed by atoms with van der Waals surface area (Å²) in [6.45, 7) is 15.4. The molecule has 2 saturated carbocycles. The van der Waals surface area contributed by atoms with Crippen LogP contribution in [0.3, 0.4) is 0 Å². The fourth-order valence-electron chi connectivity index (χ4n) is 4.28. The number of ether oxygens (including phenoxy) is 3. The molecule has 6 nitrogen and oxygen atoms in total. The van der Waals surface area contributed by atoms with E-state index in [1.54, 1.807) is 20.8 Å². The van der Waals surface area contributed by atoms with Crippen LogP contribution in [0.2, 0.25) is 0 Å². The van der Waals surface area contributed by atoms with E-state index >= 15 is 4.39 Å². The number of alkyl halides is 1.